The third-order valence-electron chi connectivity index (χ3n) is 3.34. The van der Waals surface area contributed by atoms with Crippen molar-refractivity contribution in [3.8, 4) is 11.1 Å². The highest BCUT2D eigenvalue weighted by Crippen LogP contribution is 2.24. The number of hydrogen-bond acceptors (Lipinski definition) is 3. The third kappa shape index (κ3) is 2.73. The van der Waals surface area contributed by atoms with E-state index in [2.05, 4.69) is 4.98 Å². The van der Waals surface area contributed by atoms with Crippen LogP contribution in [0.25, 0.3) is 22.0 Å². The Balaban J connectivity index is 2.10. The maximum Gasteiger partial charge on any atom is 0.248 e. The van der Waals surface area contributed by atoms with E-state index < -0.39 is 9.84 Å². The lowest BCUT2D eigenvalue weighted by molar-refractivity contribution is 0.602. The molecule has 0 bridgehead atoms. The molecule has 1 heterocycles. The average Bonchev–Trinajstić information content (AvgIpc) is 2.45. The summed E-state index contributed by atoms with van der Waals surface area (Å²) in [5.41, 5.74) is 2.43. The number of sulfone groups is 1. The molecule has 3 rings (SSSR count). The Labute approximate surface area is 122 Å². The molecule has 0 atom stereocenters. The molecule has 0 aliphatic carbocycles. The molecular weight excluding hydrogens is 286 g/mol. The molecular formula is C16H13NO3S. The molecule has 4 nitrogen and oxygen atoms in total. The minimum atomic E-state index is -3.19. The van der Waals surface area contributed by atoms with Crippen LogP contribution in [0.4, 0.5) is 0 Å². The number of nitrogens with one attached hydrogen (secondary N) is 1. The van der Waals surface area contributed by atoms with E-state index >= 15 is 0 Å². The Morgan fingerprint density at radius 2 is 1.48 bits per heavy atom. The average molecular weight is 299 g/mol. The van der Waals surface area contributed by atoms with Crippen molar-refractivity contribution in [2.24, 2.45) is 0 Å². The molecule has 0 radical (unpaired) electrons. The number of rotatable bonds is 2. The SMILES string of the molecule is CS(=O)(=O)c1ccc(-c2ccc3ccc(=O)[nH]c3c2)cc1. The summed E-state index contributed by atoms with van der Waals surface area (Å²) in [6.07, 6.45) is 1.18. The smallest absolute Gasteiger partial charge is 0.248 e. The molecule has 1 aromatic heterocycles. The van der Waals surface area contributed by atoms with Gasteiger partial charge in [-0.15, -0.1) is 0 Å². The first-order valence-electron chi connectivity index (χ1n) is 6.37. The number of aromatic nitrogens is 1. The van der Waals surface area contributed by atoms with Crippen LogP contribution in [-0.2, 0) is 9.84 Å². The number of benzene rings is 2. The molecule has 0 fully saturated rings. The van der Waals surface area contributed by atoms with Gasteiger partial charge in [0.05, 0.1) is 4.90 Å². The zero-order valence-electron chi connectivity index (χ0n) is 11.3. The molecule has 5 heteroatoms. The van der Waals surface area contributed by atoms with Crippen molar-refractivity contribution < 1.29 is 8.42 Å². The predicted octanol–water partition coefficient (Wildman–Crippen LogP) is 2.60. The van der Waals surface area contributed by atoms with Gasteiger partial charge in [0.25, 0.3) is 0 Å². The van der Waals surface area contributed by atoms with Crippen LogP contribution in [0.3, 0.4) is 0 Å². The van der Waals surface area contributed by atoms with E-state index in [1.807, 2.05) is 18.2 Å². The Morgan fingerprint density at radius 1 is 0.857 bits per heavy atom. The fourth-order valence-corrected chi connectivity index (χ4v) is 2.85. The van der Waals surface area contributed by atoms with Gasteiger partial charge in [-0.3, -0.25) is 4.79 Å². The van der Waals surface area contributed by atoms with Crippen LogP contribution in [0.2, 0.25) is 0 Å². The maximum atomic E-state index is 11.5. The Bertz CT molecular complexity index is 970. The van der Waals surface area contributed by atoms with E-state index in [-0.39, 0.29) is 5.56 Å². The van der Waals surface area contributed by atoms with Crippen molar-refractivity contribution in [2.45, 2.75) is 4.90 Å². The largest absolute Gasteiger partial charge is 0.322 e. The van der Waals surface area contributed by atoms with Crippen molar-refractivity contribution in [2.75, 3.05) is 6.26 Å². The van der Waals surface area contributed by atoms with E-state index in [0.29, 0.717) is 4.90 Å². The second-order valence-corrected chi connectivity index (χ2v) is 6.94. The summed E-state index contributed by atoms with van der Waals surface area (Å²) in [5, 5.41) is 0.950. The minimum Gasteiger partial charge on any atom is -0.322 e. The van der Waals surface area contributed by atoms with Crippen LogP contribution in [0.5, 0.6) is 0 Å². The summed E-state index contributed by atoms with van der Waals surface area (Å²) in [6.45, 7) is 0. The van der Waals surface area contributed by atoms with E-state index in [4.69, 9.17) is 0 Å². The Morgan fingerprint density at radius 3 is 2.14 bits per heavy atom. The van der Waals surface area contributed by atoms with Crippen LogP contribution in [0, 0.1) is 0 Å². The summed E-state index contributed by atoms with van der Waals surface area (Å²) >= 11 is 0. The molecule has 0 unspecified atom stereocenters. The second-order valence-electron chi connectivity index (χ2n) is 4.92. The van der Waals surface area contributed by atoms with Gasteiger partial charge < -0.3 is 4.98 Å². The van der Waals surface area contributed by atoms with Gasteiger partial charge in [-0.25, -0.2) is 8.42 Å². The second kappa shape index (κ2) is 4.86. The fourth-order valence-electron chi connectivity index (χ4n) is 2.22. The zero-order chi connectivity index (χ0) is 15.0. The Kier molecular flexibility index (Phi) is 3.14. The summed E-state index contributed by atoms with van der Waals surface area (Å²) in [4.78, 5) is 14.4. The van der Waals surface area contributed by atoms with Crippen molar-refractivity contribution in [1.29, 1.82) is 0 Å². The predicted molar refractivity (Wildman–Crippen MR) is 83.1 cm³/mol. The summed E-state index contributed by atoms with van der Waals surface area (Å²) in [6, 6.07) is 15.7. The molecule has 1 N–H and O–H groups in total. The molecule has 0 spiro atoms. The van der Waals surface area contributed by atoms with Crippen molar-refractivity contribution >= 4 is 20.7 Å². The zero-order valence-corrected chi connectivity index (χ0v) is 12.1. The normalized spacial score (nSPS) is 11.7. The van der Waals surface area contributed by atoms with Crippen LogP contribution in [0.15, 0.2) is 64.3 Å². The number of pyridine rings is 1. The van der Waals surface area contributed by atoms with Crippen LogP contribution in [-0.4, -0.2) is 19.7 Å². The highest BCUT2D eigenvalue weighted by atomic mass is 32.2. The van der Waals surface area contributed by atoms with Gasteiger partial charge >= 0.3 is 0 Å². The lowest BCUT2D eigenvalue weighted by atomic mass is 10.0. The van der Waals surface area contributed by atoms with Crippen LogP contribution in [0.1, 0.15) is 0 Å². The van der Waals surface area contributed by atoms with Gasteiger partial charge in [-0.05, 0) is 40.8 Å². The quantitative estimate of drug-likeness (QED) is 0.791. The highest BCUT2D eigenvalue weighted by Gasteiger charge is 2.07. The van der Waals surface area contributed by atoms with Gasteiger partial charge in [0.15, 0.2) is 9.84 Å². The van der Waals surface area contributed by atoms with Crippen LogP contribution < -0.4 is 5.56 Å². The summed E-state index contributed by atoms with van der Waals surface area (Å²) < 4.78 is 22.9. The first kappa shape index (κ1) is 13.6. The molecule has 0 saturated carbocycles. The molecule has 106 valence electrons. The first-order valence-corrected chi connectivity index (χ1v) is 8.26. The van der Waals surface area contributed by atoms with Crippen molar-refractivity contribution in [3.63, 3.8) is 0 Å². The van der Waals surface area contributed by atoms with E-state index in [9.17, 15) is 13.2 Å². The standard InChI is InChI=1S/C16H13NO3S/c1-21(19,20)14-7-4-11(5-8-14)13-3-2-12-6-9-16(18)17-15(12)10-13/h2-10H,1H3,(H,17,18). The lowest BCUT2D eigenvalue weighted by Crippen LogP contribution is -2.02. The minimum absolute atomic E-state index is 0.146. The lowest BCUT2D eigenvalue weighted by Gasteiger charge is -2.05. The third-order valence-corrected chi connectivity index (χ3v) is 4.47. The molecule has 3 aromatic rings. The van der Waals surface area contributed by atoms with Gasteiger partial charge in [-0.1, -0.05) is 24.3 Å². The van der Waals surface area contributed by atoms with E-state index in [0.717, 1.165) is 22.0 Å². The topological polar surface area (TPSA) is 67.0 Å². The van der Waals surface area contributed by atoms with Gasteiger partial charge in [0.2, 0.25) is 5.56 Å². The summed E-state index contributed by atoms with van der Waals surface area (Å²) in [7, 11) is -3.19. The fraction of sp³-hybridized carbons (Fsp3) is 0.0625. The number of hydrogen-bond donors (Lipinski definition) is 1. The molecule has 2 aromatic carbocycles. The maximum absolute atomic E-state index is 11.5. The van der Waals surface area contributed by atoms with Crippen molar-refractivity contribution in [1.82, 2.24) is 4.98 Å². The molecule has 0 aliphatic heterocycles. The van der Waals surface area contributed by atoms with E-state index in [1.54, 1.807) is 30.3 Å². The Hall–Kier alpha value is -2.40. The molecule has 21 heavy (non-hydrogen) atoms. The van der Waals surface area contributed by atoms with Gasteiger partial charge in [0, 0.05) is 17.8 Å². The number of H-pyrrole nitrogens is 1. The molecule has 0 saturated heterocycles. The van der Waals surface area contributed by atoms with Gasteiger partial charge in [-0.2, -0.15) is 0 Å². The van der Waals surface area contributed by atoms with Crippen LogP contribution >= 0.6 is 0 Å². The number of aromatic amines is 1. The summed E-state index contributed by atoms with van der Waals surface area (Å²) in [5.74, 6) is 0. The highest BCUT2D eigenvalue weighted by molar-refractivity contribution is 7.90. The van der Waals surface area contributed by atoms with E-state index in [1.165, 1.54) is 12.3 Å². The van der Waals surface area contributed by atoms with Crippen molar-refractivity contribution in [3.05, 3.63) is 65.0 Å². The first-order chi connectivity index (χ1) is 9.93. The monoisotopic (exact) mass is 299 g/mol. The number of fused-ring (bicyclic) bond motifs is 1. The van der Waals surface area contributed by atoms with Gasteiger partial charge in [0.1, 0.15) is 0 Å². The molecule has 0 amide bonds. The molecule has 0 aliphatic rings.